The Morgan fingerprint density at radius 2 is 1.80 bits per heavy atom. The summed E-state index contributed by atoms with van der Waals surface area (Å²) in [5.74, 6) is -1.42. The largest absolute Gasteiger partial charge is 0.382 e. The molecule has 0 bridgehead atoms. The lowest BCUT2D eigenvalue weighted by Gasteiger charge is -2.22. The van der Waals surface area contributed by atoms with Gasteiger partial charge in [0, 0.05) is 17.6 Å². The number of fused-ring (bicyclic) bond motifs is 1. The van der Waals surface area contributed by atoms with Crippen molar-refractivity contribution in [1.29, 1.82) is 0 Å². The van der Waals surface area contributed by atoms with Gasteiger partial charge in [0.05, 0.1) is 6.54 Å². The van der Waals surface area contributed by atoms with Crippen LogP contribution >= 0.6 is 0 Å². The quantitative estimate of drug-likeness (QED) is 0.399. The van der Waals surface area contributed by atoms with Gasteiger partial charge in [0.2, 0.25) is 0 Å². The summed E-state index contributed by atoms with van der Waals surface area (Å²) in [5, 5.41) is 7.53. The number of carbonyl (C=O) groups is 1. The number of carbonyl (C=O) groups excluding carboxylic acids is 1. The van der Waals surface area contributed by atoms with Gasteiger partial charge in [-0.25, -0.2) is 18.7 Å². The maximum Gasteiger partial charge on any atom is 0.253 e. The summed E-state index contributed by atoms with van der Waals surface area (Å²) >= 11 is 0. The smallest absolute Gasteiger partial charge is 0.253 e. The predicted molar refractivity (Wildman–Crippen MR) is 127 cm³/mol. The molecule has 2 aromatic carbocycles. The maximum atomic E-state index is 14.8. The Bertz CT molecular complexity index is 1390. The minimum atomic E-state index is -0.594. The first-order chi connectivity index (χ1) is 16.9. The van der Waals surface area contributed by atoms with Crippen LogP contribution in [0.4, 0.5) is 26.1 Å². The van der Waals surface area contributed by atoms with Crippen LogP contribution in [0.2, 0.25) is 0 Å². The van der Waals surface area contributed by atoms with Crippen molar-refractivity contribution in [2.45, 2.75) is 31.9 Å². The van der Waals surface area contributed by atoms with Crippen LogP contribution in [0.3, 0.4) is 0 Å². The fourth-order valence-corrected chi connectivity index (χ4v) is 4.14. The topological polar surface area (TPSA) is 134 Å². The molecule has 1 fully saturated rings. The number of aromatic nitrogens is 4. The molecule has 1 aliphatic heterocycles. The van der Waals surface area contributed by atoms with E-state index in [1.807, 2.05) is 0 Å². The zero-order chi connectivity index (χ0) is 24.5. The number of halogens is 2. The first-order valence-electron chi connectivity index (χ1n) is 11.2. The Morgan fingerprint density at radius 1 is 1.06 bits per heavy atom. The van der Waals surface area contributed by atoms with Gasteiger partial charge in [-0.2, -0.15) is 5.10 Å². The van der Waals surface area contributed by atoms with E-state index >= 15 is 0 Å². The normalized spacial score (nSPS) is 15.9. The number of ether oxygens (including phenoxy) is 1. The van der Waals surface area contributed by atoms with Crippen molar-refractivity contribution < 1.29 is 18.3 Å². The third-order valence-electron chi connectivity index (χ3n) is 5.90. The SMILES string of the molecule is Nc1nc(-c2nn(Cc3ccccc3F)c3c(F)cccc23)nc(N)c1NC(=O)C1CCCCO1. The molecule has 0 spiro atoms. The highest BCUT2D eigenvalue weighted by Gasteiger charge is 2.25. The average Bonchev–Trinajstić information content (AvgIpc) is 3.23. The van der Waals surface area contributed by atoms with Crippen LogP contribution in [-0.4, -0.2) is 38.4 Å². The molecule has 1 unspecified atom stereocenters. The number of nitrogens with zero attached hydrogens (tertiary/aromatic N) is 4. The molecule has 5 N–H and O–H groups in total. The van der Waals surface area contributed by atoms with E-state index in [-0.39, 0.29) is 46.8 Å². The molecule has 1 amide bonds. The molecule has 0 radical (unpaired) electrons. The standard InChI is InChI=1S/C24H23F2N7O2/c25-15-8-2-1-6-13(15)12-33-20-14(7-5-9-16(20)26)18(32-33)23-30-21(27)19(22(28)31-23)29-24(34)17-10-3-4-11-35-17/h1-2,5-9,17H,3-4,10-12H2,(H,29,34)(H4,27,28,30,31). The number of rotatable bonds is 5. The summed E-state index contributed by atoms with van der Waals surface area (Å²) in [6, 6.07) is 10.7. The van der Waals surface area contributed by atoms with Crippen molar-refractivity contribution in [1.82, 2.24) is 19.7 Å². The molecule has 0 aliphatic carbocycles. The van der Waals surface area contributed by atoms with Gasteiger partial charge in [-0.1, -0.05) is 30.3 Å². The van der Waals surface area contributed by atoms with Gasteiger partial charge in [0.15, 0.2) is 17.5 Å². The Balaban J connectivity index is 1.52. The second kappa shape index (κ2) is 9.26. The fraction of sp³-hybridized carbons (Fsp3) is 0.250. The minimum absolute atomic E-state index is 0.00933. The van der Waals surface area contributed by atoms with Crippen LogP contribution in [0.15, 0.2) is 42.5 Å². The highest BCUT2D eigenvalue weighted by Crippen LogP contribution is 2.32. The highest BCUT2D eigenvalue weighted by molar-refractivity contribution is 6.00. The number of amides is 1. The van der Waals surface area contributed by atoms with Gasteiger partial charge in [0.25, 0.3) is 5.91 Å². The van der Waals surface area contributed by atoms with E-state index in [9.17, 15) is 13.6 Å². The number of anilines is 3. The highest BCUT2D eigenvalue weighted by atomic mass is 19.1. The van der Waals surface area contributed by atoms with Gasteiger partial charge in [-0.05, 0) is 31.4 Å². The van der Waals surface area contributed by atoms with Gasteiger partial charge in [-0.15, -0.1) is 0 Å². The second-order valence-corrected chi connectivity index (χ2v) is 8.27. The van der Waals surface area contributed by atoms with E-state index in [1.165, 1.54) is 22.9 Å². The molecule has 11 heteroatoms. The van der Waals surface area contributed by atoms with Crippen molar-refractivity contribution in [2.24, 2.45) is 0 Å². The molecule has 3 heterocycles. The van der Waals surface area contributed by atoms with Crippen molar-refractivity contribution in [3.63, 3.8) is 0 Å². The van der Waals surface area contributed by atoms with Gasteiger partial charge >= 0.3 is 0 Å². The van der Waals surface area contributed by atoms with Crippen molar-refractivity contribution in [3.8, 4) is 11.5 Å². The molecular formula is C24H23F2N7O2. The number of nitrogens with one attached hydrogen (secondary N) is 1. The number of nitrogens with two attached hydrogens (primary N) is 2. The molecule has 9 nitrogen and oxygen atoms in total. The third-order valence-corrected chi connectivity index (χ3v) is 5.90. The molecule has 1 saturated heterocycles. The lowest BCUT2D eigenvalue weighted by atomic mass is 10.1. The number of nitrogen functional groups attached to an aromatic ring is 2. The third kappa shape index (κ3) is 4.37. The van der Waals surface area contributed by atoms with Crippen LogP contribution in [0.5, 0.6) is 0 Å². The lowest BCUT2D eigenvalue weighted by Crippen LogP contribution is -2.33. The van der Waals surface area contributed by atoms with Crippen LogP contribution in [0.25, 0.3) is 22.4 Å². The predicted octanol–water partition coefficient (Wildman–Crippen LogP) is 3.49. The van der Waals surface area contributed by atoms with Gasteiger partial charge < -0.3 is 21.5 Å². The molecule has 35 heavy (non-hydrogen) atoms. The molecule has 5 rings (SSSR count). The summed E-state index contributed by atoms with van der Waals surface area (Å²) in [4.78, 5) is 21.1. The molecule has 4 aromatic rings. The summed E-state index contributed by atoms with van der Waals surface area (Å²) in [5.41, 5.74) is 13.0. The summed E-state index contributed by atoms with van der Waals surface area (Å²) < 4.78 is 35.9. The number of hydrogen-bond donors (Lipinski definition) is 3. The number of benzene rings is 2. The van der Waals surface area contributed by atoms with Gasteiger partial charge in [-0.3, -0.25) is 9.48 Å². The van der Waals surface area contributed by atoms with E-state index in [4.69, 9.17) is 16.2 Å². The van der Waals surface area contributed by atoms with Crippen molar-refractivity contribution in [2.75, 3.05) is 23.4 Å². The lowest BCUT2D eigenvalue weighted by molar-refractivity contribution is -0.129. The summed E-state index contributed by atoms with van der Waals surface area (Å²) in [7, 11) is 0. The second-order valence-electron chi connectivity index (χ2n) is 8.27. The van der Waals surface area contributed by atoms with E-state index in [2.05, 4.69) is 20.4 Å². The summed E-state index contributed by atoms with van der Waals surface area (Å²) in [6.45, 7) is 0.502. The van der Waals surface area contributed by atoms with Crippen LogP contribution in [0, 0.1) is 11.6 Å². The van der Waals surface area contributed by atoms with E-state index in [1.54, 1.807) is 24.3 Å². The maximum absolute atomic E-state index is 14.8. The van der Waals surface area contributed by atoms with E-state index < -0.39 is 17.7 Å². The van der Waals surface area contributed by atoms with Gasteiger partial charge in [0.1, 0.15) is 34.6 Å². The molecule has 1 atom stereocenters. The first-order valence-corrected chi connectivity index (χ1v) is 11.2. The number of hydrogen-bond acceptors (Lipinski definition) is 7. The monoisotopic (exact) mass is 479 g/mol. The zero-order valence-electron chi connectivity index (χ0n) is 18.7. The fourth-order valence-electron chi connectivity index (χ4n) is 4.14. The Morgan fingerprint density at radius 3 is 2.51 bits per heavy atom. The van der Waals surface area contributed by atoms with Crippen molar-refractivity contribution >= 4 is 34.1 Å². The Hall–Kier alpha value is -4.12. The molecule has 0 saturated carbocycles. The molecule has 1 aliphatic rings. The Labute approximate surface area is 199 Å². The Kier molecular flexibility index (Phi) is 6.00. The first kappa shape index (κ1) is 22.7. The van der Waals surface area contributed by atoms with Crippen molar-refractivity contribution in [3.05, 3.63) is 59.7 Å². The molecule has 180 valence electrons. The van der Waals surface area contributed by atoms with Crippen LogP contribution in [0.1, 0.15) is 24.8 Å². The van der Waals surface area contributed by atoms with E-state index in [0.717, 1.165) is 12.8 Å². The molecule has 2 aromatic heterocycles. The van der Waals surface area contributed by atoms with Crippen LogP contribution < -0.4 is 16.8 Å². The molecular weight excluding hydrogens is 456 g/mol. The van der Waals surface area contributed by atoms with E-state index in [0.29, 0.717) is 24.0 Å². The average molecular weight is 479 g/mol. The minimum Gasteiger partial charge on any atom is -0.382 e. The zero-order valence-corrected chi connectivity index (χ0v) is 18.7. The summed E-state index contributed by atoms with van der Waals surface area (Å²) in [6.07, 6.45) is 1.80. The van der Waals surface area contributed by atoms with Crippen LogP contribution in [-0.2, 0) is 16.1 Å². The number of para-hydroxylation sites is 1.